The molecule has 2 atom stereocenters. The number of aliphatic hydroxyl groups is 1. The first-order chi connectivity index (χ1) is 13.6. The summed E-state index contributed by atoms with van der Waals surface area (Å²) in [5.74, 6) is -0.689. The molecule has 6 nitrogen and oxygen atoms in total. The Balaban J connectivity index is 3.11. The van der Waals surface area contributed by atoms with Gasteiger partial charge in [0.05, 0.1) is 13.2 Å². The fourth-order valence-electron chi connectivity index (χ4n) is 2.87. The molecule has 0 aliphatic rings. The van der Waals surface area contributed by atoms with Crippen molar-refractivity contribution in [2.75, 3.05) is 7.11 Å². The number of aliphatic carboxylic acids is 1. The van der Waals surface area contributed by atoms with Gasteiger partial charge in [-0.2, -0.15) is 0 Å². The van der Waals surface area contributed by atoms with Crippen LogP contribution in [-0.2, 0) is 16.0 Å². The highest BCUT2D eigenvalue weighted by Crippen LogP contribution is 2.28. The molecule has 0 aliphatic carbocycles. The van der Waals surface area contributed by atoms with Crippen molar-refractivity contribution in [1.82, 2.24) is 0 Å². The number of allylic oxidation sites excluding steroid dienone is 1. The summed E-state index contributed by atoms with van der Waals surface area (Å²) in [5.41, 5.74) is 2.17. The van der Waals surface area contributed by atoms with Crippen molar-refractivity contribution in [2.45, 2.75) is 45.6 Å². The number of hydrogen-bond acceptors (Lipinski definition) is 5. The lowest BCUT2D eigenvalue weighted by atomic mass is 9.89. The molecule has 0 saturated heterocycles. The third-order valence-electron chi connectivity index (χ3n) is 4.65. The predicted octanol–water partition coefficient (Wildman–Crippen LogP) is 4.56. The fraction of sp³-hybridized carbons (Fsp3) is 0.391. The molecule has 0 aliphatic heterocycles. The first kappa shape index (κ1) is 24.2. The Morgan fingerprint density at radius 1 is 1.31 bits per heavy atom. The maximum absolute atomic E-state index is 12.2. The molecule has 2 N–H and O–H groups in total. The molecule has 1 rings (SSSR count). The predicted molar refractivity (Wildman–Crippen MR) is 113 cm³/mol. The highest BCUT2D eigenvalue weighted by atomic mass is 16.5. The van der Waals surface area contributed by atoms with Gasteiger partial charge in [0.15, 0.2) is 0 Å². The Labute approximate surface area is 171 Å². The van der Waals surface area contributed by atoms with Crippen molar-refractivity contribution in [3.8, 4) is 0 Å². The summed E-state index contributed by atoms with van der Waals surface area (Å²) in [4.78, 5) is 23.2. The van der Waals surface area contributed by atoms with Crippen molar-refractivity contribution < 1.29 is 29.0 Å². The normalized spacial score (nSPS) is 13.4. The van der Waals surface area contributed by atoms with Crippen LogP contribution < -0.4 is 0 Å². The molecule has 1 aromatic rings. The van der Waals surface area contributed by atoms with Gasteiger partial charge in [-0.25, -0.2) is 9.59 Å². The van der Waals surface area contributed by atoms with Crippen molar-refractivity contribution in [1.29, 1.82) is 0 Å². The summed E-state index contributed by atoms with van der Waals surface area (Å²) >= 11 is 0. The van der Waals surface area contributed by atoms with Crippen LogP contribution in [0.3, 0.4) is 0 Å². The molecule has 0 spiro atoms. The van der Waals surface area contributed by atoms with E-state index in [1.54, 1.807) is 12.1 Å². The van der Waals surface area contributed by atoms with E-state index in [4.69, 9.17) is 14.3 Å². The van der Waals surface area contributed by atoms with E-state index in [0.29, 0.717) is 42.8 Å². The average Bonchev–Trinajstić information content (AvgIpc) is 3.05. The third kappa shape index (κ3) is 7.58. The molecule has 0 fully saturated rings. The van der Waals surface area contributed by atoms with Crippen LogP contribution in [0.2, 0.25) is 0 Å². The smallest absolute Gasteiger partial charge is 0.341 e. The number of methoxy groups -OCH3 is 1. The zero-order valence-electron chi connectivity index (χ0n) is 17.4. The molecular formula is C23H30O6. The minimum absolute atomic E-state index is 0.0822. The number of carboxylic acids is 1. The fourth-order valence-corrected chi connectivity index (χ4v) is 2.87. The molecular weight excluding hydrogens is 372 g/mol. The second-order valence-corrected chi connectivity index (χ2v) is 7.17. The third-order valence-corrected chi connectivity index (χ3v) is 4.65. The van der Waals surface area contributed by atoms with Crippen LogP contribution in [0, 0.1) is 5.92 Å². The lowest BCUT2D eigenvalue weighted by molar-refractivity contribution is -0.132. The van der Waals surface area contributed by atoms with E-state index in [0.717, 1.165) is 11.1 Å². The van der Waals surface area contributed by atoms with E-state index in [1.807, 2.05) is 13.8 Å². The molecule has 0 bridgehead atoms. The monoisotopic (exact) mass is 402 g/mol. The Morgan fingerprint density at radius 3 is 2.48 bits per heavy atom. The number of esters is 1. The van der Waals surface area contributed by atoms with Gasteiger partial charge in [0.25, 0.3) is 0 Å². The van der Waals surface area contributed by atoms with Gasteiger partial charge >= 0.3 is 11.9 Å². The summed E-state index contributed by atoms with van der Waals surface area (Å²) < 4.78 is 10.8. The van der Waals surface area contributed by atoms with Gasteiger partial charge in [0, 0.05) is 12.0 Å². The Hall–Kier alpha value is -2.86. The van der Waals surface area contributed by atoms with E-state index < -0.39 is 18.0 Å². The minimum Gasteiger partial charge on any atom is -0.478 e. The quantitative estimate of drug-likeness (QED) is 0.302. The number of aliphatic hydroxyl groups excluding tert-OH is 1. The van der Waals surface area contributed by atoms with Gasteiger partial charge in [-0.1, -0.05) is 30.4 Å². The van der Waals surface area contributed by atoms with Gasteiger partial charge in [0.2, 0.25) is 0 Å². The van der Waals surface area contributed by atoms with Crippen LogP contribution in [0.25, 0.3) is 6.08 Å². The number of hydrogen-bond donors (Lipinski definition) is 2. The Kier molecular flexibility index (Phi) is 9.35. The van der Waals surface area contributed by atoms with Gasteiger partial charge in [0.1, 0.15) is 17.1 Å². The highest BCUT2D eigenvalue weighted by molar-refractivity contribution is 5.91. The zero-order valence-corrected chi connectivity index (χ0v) is 17.4. The molecule has 0 amide bonds. The largest absolute Gasteiger partial charge is 0.478 e. The number of carboxylic acid groups (broad SMARTS) is 1. The van der Waals surface area contributed by atoms with Crippen LogP contribution in [-0.4, -0.2) is 35.4 Å². The van der Waals surface area contributed by atoms with Crippen LogP contribution in [0.15, 0.2) is 53.0 Å². The van der Waals surface area contributed by atoms with Gasteiger partial charge in [-0.15, -0.1) is 6.58 Å². The lowest BCUT2D eigenvalue weighted by Gasteiger charge is -2.16. The molecule has 0 saturated carbocycles. The SMILES string of the molecule is C=C[C@H](O)C/C(C)=C\c1cc(C(=O)OC)c(C[C@H](CCC(=C)C(=O)O)C(=C)C)o1. The average molecular weight is 402 g/mol. The summed E-state index contributed by atoms with van der Waals surface area (Å²) in [7, 11) is 1.30. The molecule has 29 heavy (non-hydrogen) atoms. The lowest BCUT2D eigenvalue weighted by Crippen LogP contribution is -2.11. The number of furan rings is 1. The van der Waals surface area contributed by atoms with Crippen molar-refractivity contribution in [3.63, 3.8) is 0 Å². The first-order valence-electron chi connectivity index (χ1n) is 9.34. The highest BCUT2D eigenvalue weighted by Gasteiger charge is 2.22. The molecule has 1 aromatic heterocycles. The zero-order chi connectivity index (χ0) is 22.1. The molecule has 0 unspecified atom stereocenters. The van der Waals surface area contributed by atoms with Crippen LogP contribution >= 0.6 is 0 Å². The number of rotatable bonds is 12. The maximum atomic E-state index is 12.2. The van der Waals surface area contributed by atoms with Crippen LogP contribution in [0.4, 0.5) is 0 Å². The van der Waals surface area contributed by atoms with Crippen LogP contribution in [0.1, 0.15) is 55.0 Å². The molecule has 6 heteroatoms. The summed E-state index contributed by atoms with van der Waals surface area (Å²) in [5, 5.41) is 18.7. The summed E-state index contributed by atoms with van der Waals surface area (Å²) in [6, 6.07) is 1.61. The summed E-state index contributed by atoms with van der Waals surface area (Å²) in [6.07, 6.45) is 4.17. The van der Waals surface area contributed by atoms with E-state index in [-0.39, 0.29) is 11.5 Å². The van der Waals surface area contributed by atoms with Crippen molar-refractivity contribution >= 4 is 18.0 Å². The Bertz CT molecular complexity index is 811. The number of ether oxygens (including phenoxy) is 1. The molecule has 1 heterocycles. The van der Waals surface area contributed by atoms with Gasteiger partial charge < -0.3 is 19.4 Å². The Morgan fingerprint density at radius 2 is 1.97 bits per heavy atom. The van der Waals surface area contributed by atoms with E-state index in [9.17, 15) is 14.7 Å². The molecule has 0 radical (unpaired) electrons. The summed E-state index contributed by atoms with van der Waals surface area (Å²) in [6.45, 7) is 14.8. The van der Waals surface area contributed by atoms with Gasteiger partial charge in [-0.3, -0.25) is 0 Å². The molecule has 0 aromatic carbocycles. The van der Waals surface area contributed by atoms with E-state index in [2.05, 4.69) is 19.7 Å². The van der Waals surface area contributed by atoms with Gasteiger partial charge in [-0.05, 0) is 51.2 Å². The van der Waals surface area contributed by atoms with Crippen LogP contribution in [0.5, 0.6) is 0 Å². The van der Waals surface area contributed by atoms with Crippen molar-refractivity contribution in [3.05, 3.63) is 65.7 Å². The maximum Gasteiger partial charge on any atom is 0.341 e. The van der Waals surface area contributed by atoms with E-state index >= 15 is 0 Å². The molecule has 158 valence electrons. The number of carbonyl (C=O) groups excluding carboxylic acids is 1. The second kappa shape index (κ2) is 11.2. The van der Waals surface area contributed by atoms with Crippen molar-refractivity contribution in [2.24, 2.45) is 5.92 Å². The first-order valence-corrected chi connectivity index (χ1v) is 9.34. The number of carbonyl (C=O) groups is 2. The van der Waals surface area contributed by atoms with E-state index in [1.165, 1.54) is 13.2 Å². The minimum atomic E-state index is -1.02. The standard InChI is InChI=1S/C23H30O6/c1-7-18(24)10-15(4)11-19-13-20(23(27)28-6)21(29-19)12-17(14(2)3)9-8-16(5)22(25)26/h7,11,13,17-18,24H,1-2,5,8-10,12H2,3-4,6H3,(H,25,26)/b15-11-/t17-,18-/m0/s1. The second-order valence-electron chi connectivity index (χ2n) is 7.17. The topological polar surface area (TPSA) is 97.0 Å².